The fourth-order valence-electron chi connectivity index (χ4n) is 1.33. The van der Waals surface area contributed by atoms with Crippen LogP contribution in [0, 0.1) is 6.92 Å². The Labute approximate surface area is 118 Å². The lowest BCUT2D eigenvalue weighted by Gasteiger charge is -2.10. The van der Waals surface area contributed by atoms with Crippen LogP contribution in [-0.4, -0.2) is 41.2 Å². The molecular formula is C11H17BN4O2S. The van der Waals surface area contributed by atoms with E-state index in [1.54, 1.807) is 6.20 Å². The minimum Gasteiger partial charge on any atom is -0.396 e. The van der Waals surface area contributed by atoms with Gasteiger partial charge in [-0.05, 0) is 20.3 Å². The number of amidine groups is 1. The van der Waals surface area contributed by atoms with Crippen LogP contribution in [0.1, 0.15) is 24.7 Å². The number of hydrogen-bond donors (Lipinski definition) is 2. The number of aromatic nitrogens is 2. The van der Waals surface area contributed by atoms with Crippen molar-refractivity contribution in [2.75, 3.05) is 18.5 Å². The molecule has 0 aliphatic heterocycles. The summed E-state index contributed by atoms with van der Waals surface area (Å²) in [5, 5.41) is 11.8. The van der Waals surface area contributed by atoms with E-state index in [9.17, 15) is 0 Å². The highest BCUT2D eigenvalue weighted by atomic mass is 32.2. The highest BCUT2D eigenvalue weighted by Crippen LogP contribution is 2.15. The van der Waals surface area contributed by atoms with Crippen molar-refractivity contribution in [3.63, 3.8) is 0 Å². The van der Waals surface area contributed by atoms with E-state index in [-0.39, 0.29) is 6.61 Å². The molecule has 102 valence electrons. The number of nitrogens with one attached hydrogen (secondary N) is 1. The van der Waals surface area contributed by atoms with Crippen molar-refractivity contribution in [3.05, 3.63) is 17.6 Å². The molecule has 1 aromatic heterocycles. The van der Waals surface area contributed by atoms with Crippen LogP contribution in [0.3, 0.4) is 0 Å². The van der Waals surface area contributed by atoms with Crippen molar-refractivity contribution >= 4 is 30.7 Å². The zero-order valence-electron chi connectivity index (χ0n) is 11.1. The quantitative estimate of drug-likeness (QED) is 0.257. The number of anilines is 1. The Morgan fingerprint density at radius 2 is 2.42 bits per heavy atom. The second-order valence-electron chi connectivity index (χ2n) is 3.82. The fourth-order valence-corrected chi connectivity index (χ4v) is 1.53. The van der Waals surface area contributed by atoms with Crippen molar-refractivity contribution in [2.45, 2.75) is 26.9 Å². The van der Waals surface area contributed by atoms with Gasteiger partial charge in [0.1, 0.15) is 11.6 Å². The lowest BCUT2D eigenvalue weighted by molar-refractivity contribution is 0.291. The molecule has 0 atom stereocenters. The lowest BCUT2D eigenvalue weighted by Crippen LogP contribution is -2.13. The molecule has 2 N–H and O–H groups in total. The minimum absolute atomic E-state index is 0.135. The third-order valence-electron chi connectivity index (χ3n) is 2.23. The Morgan fingerprint density at radius 3 is 3.11 bits per heavy atom. The van der Waals surface area contributed by atoms with Crippen LogP contribution in [0.15, 0.2) is 11.2 Å². The van der Waals surface area contributed by atoms with Gasteiger partial charge in [0.15, 0.2) is 0 Å². The van der Waals surface area contributed by atoms with E-state index >= 15 is 0 Å². The van der Waals surface area contributed by atoms with Gasteiger partial charge in [0.2, 0.25) is 7.12 Å². The molecule has 0 unspecified atom stereocenters. The summed E-state index contributed by atoms with van der Waals surface area (Å²) in [5.74, 6) is 2.05. The molecule has 1 rings (SSSR count). The Morgan fingerprint density at radius 1 is 1.63 bits per heavy atom. The summed E-state index contributed by atoms with van der Waals surface area (Å²) < 4.78 is 5.08. The third kappa shape index (κ3) is 6.04. The fraction of sp³-hybridized carbons (Fsp3) is 0.545. The molecule has 19 heavy (non-hydrogen) atoms. The highest BCUT2D eigenvalue weighted by Gasteiger charge is 2.06. The molecule has 0 saturated carbocycles. The van der Waals surface area contributed by atoms with E-state index in [1.807, 2.05) is 13.8 Å². The molecule has 0 saturated heterocycles. The first kappa shape index (κ1) is 15.9. The van der Waals surface area contributed by atoms with Crippen LogP contribution in [-0.2, 0) is 10.8 Å². The van der Waals surface area contributed by atoms with Gasteiger partial charge in [-0.2, -0.15) is 0 Å². The van der Waals surface area contributed by atoms with Gasteiger partial charge >= 0.3 is 0 Å². The Balaban J connectivity index is 2.74. The zero-order valence-corrected chi connectivity index (χ0v) is 11.9. The van der Waals surface area contributed by atoms with Crippen LogP contribution in [0.2, 0.25) is 0 Å². The summed E-state index contributed by atoms with van der Waals surface area (Å²) >= 11 is 0.804. The zero-order chi connectivity index (χ0) is 14.1. The molecule has 0 aliphatic carbocycles. The maximum absolute atomic E-state index is 8.71. The molecule has 0 aliphatic rings. The second kappa shape index (κ2) is 8.90. The number of rotatable bonds is 7. The first-order valence-electron chi connectivity index (χ1n) is 5.87. The Kier molecular flexibility index (Phi) is 7.46. The number of nitrogens with zero attached hydrogens (tertiary/aromatic N) is 3. The first-order chi connectivity index (χ1) is 9.17. The summed E-state index contributed by atoms with van der Waals surface area (Å²) in [7, 11) is 5.22. The summed E-state index contributed by atoms with van der Waals surface area (Å²) in [5.41, 5.74) is 0.806. The van der Waals surface area contributed by atoms with E-state index in [2.05, 4.69) is 20.3 Å². The van der Waals surface area contributed by atoms with Gasteiger partial charge in [0.05, 0.1) is 12.4 Å². The molecule has 0 bridgehead atoms. The summed E-state index contributed by atoms with van der Waals surface area (Å²) in [4.78, 5) is 12.7. The molecule has 0 aromatic carbocycles. The predicted molar refractivity (Wildman–Crippen MR) is 78.2 cm³/mol. The minimum atomic E-state index is 0.135. The largest absolute Gasteiger partial charge is 0.396 e. The van der Waals surface area contributed by atoms with E-state index in [0.717, 1.165) is 23.3 Å². The predicted octanol–water partition coefficient (Wildman–Crippen LogP) is 1.25. The van der Waals surface area contributed by atoms with Crippen LogP contribution in [0.5, 0.6) is 0 Å². The van der Waals surface area contributed by atoms with Gasteiger partial charge in [0, 0.05) is 24.9 Å². The number of hydrogen-bond acceptors (Lipinski definition) is 6. The number of aliphatic hydroxyl groups is 1. The van der Waals surface area contributed by atoms with Gasteiger partial charge in [-0.3, -0.25) is 4.99 Å². The highest BCUT2D eigenvalue weighted by molar-refractivity contribution is 8.15. The summed E-state index contributed by atoms with van der Waals surface area (Å²) in [6.45, 7) is 4.68. The molecule has 2 radical (unpaired) electrons. The topological polar surface area (TPSA) is 79.6 Å². The Bertz CT molecular complexity index is 431. The third-order valence-corrected chi connectivity index (χ3v) is 2.49. The van der Waals surface area contributed by atoms with Crippen LogP contribution >= 0.6 is 11.9 Å². The number of aliphatic hydroxyl groups excluding tert-OH is 1. The summed E-state index contributed by atoms with van der Waals surface area (Å²) in [6.07, 6.45) is 2.34. The van der Waals surface area contributed by atoms with Gasteiger partial charge in [0.25, 0.3) is 0 Å². The molecule has 1 aromatic rings. The van der Waals surface area contributed by atoms with E-state index in [4.69, 9.17) is 16.4 Å². The van der Waals surface area contributed by atoms with E-state index in [1.165, 1.54) is 0 Å². The molecule has 0 amide bonds. The van der Waals surface area contributed by atoms with Crippen LogP contribution in [0.4, 0.5) is 5.82 Å². The monoisotopic (exact) mass is 280 g/mol. The van der Waals surface area contributed by atoms with Crippen molar-refractivity contribution < 1.29 is 9.29 Å². The van der Waals surface area contributed by atoms with E-state index in [0.29, 0.717) is 31.2 Å². The normalized spacial score (nSPS) is 11.6. The summed E-state index contributed by atoms with van der Waals surface area (Å²) in [6, 6.07) is 0. The Hall–Kier alpha value is -1.12. The van der Waals surface area contributed by atoms with Gasteiger partial charge in [-0.25, -0.2) is 9.97 Å². The molecule has 0 fully saturated rings. The maximum Gasteiger partial charge on any atom is 0.203 e. The van der Waals surface area contributed by atoms with Crippen molar-refractivity contribution in [1.29, 1.82) is 0 Å². The average molecular weight is 280 g/mol. The van der Waals surface area contributed by atoms with Gasteiger partial charge < -0.3 is 14.6 Å². The average Bonchev–Trinajstić information content (AvgIpc) is 2.38. The van der Waals surface area contributed by atoms with Crippen molar-refractivity contribution in [3.8, 4) is 0 Å². The molecule has 0 spiro atoms. The van der Waals surface area contributed by atoms with Crippen LogP contribution in [0.25, 0.3) is 0 Å². The number of aryl methyl sites for hydroxylation is 1. The molecular weight excluding hydrogens is 263 g/mol. The molecule has 8 heteroatoms. The standard InChI is InChI=1S/C11H17BN4O2S/c1-8(13-4-3-5-17)15-11-10(7-18-19-12)6-14-9(2)16-11/h6,17H,3-5,7H2,1-2H3,(H,13,14,15,16). The lowest BCUT2D eigenvalue weighted by atomic mass is 10.3. The van der Waals surface area contributed by atoms with Gasteiger partial charge in [-0.15, -0.1) is 0 Å². The SMILES string of the molecule is [B]SOCc1cnc(C)nc1NC(C)=NCCCO. The van der Waals surface area contributed by atoms with Crippen molar-refractivity contribution in [1.82, 2.24) is 9.97 Å². The van der Waals surface area contributed by atoms with Gasteiger partial charge in [-0.1, -0.05) is 11.9 Å². The number of aliphatic imine (C=N–C) groups is 1. The van der Waals surface area contributed by atoms with E-state index < -0.39 is 0 Å². The first-order valence-corrected chi connectivity index (χ1v) is 6.67. The maximum atomic E-state index is 8.71. The second-order valence-corrected chi connectivity index (χ2v) is 4.25. The smallest absolute Gasteiger partial charge is 0.203 e. The molecule has 6 nitrogen and oxygen atoms in total. The molecule has 1 heterocycles. The van der Waals surface area contributed by atoms with Crippen molar-refractivity contribution in [2.24, 2.45) is 4.99 Å². The van der Waals surface area contributed by atoms with Crippen LogP contribution < -0.4 is 5.32 Å².